The monoisotopic (exact) mass is 388 g/mol. The van der Waals surface area contributed by atoms with Crippen LogP contribution in [0.5, 0.6) is 0 Å². The number of nitrogens with zero attached hydrogens (tertiary/aromatic N) is 1. The molecule has 144 valence electrons. The summed E-state index contributed by atoms with van der Waals surface area (Å²) in [7, 11) is 0. The van der Waals surface area contributed by atoms with Crippen molar-refractivity contribution in [2.24, 2.45) is 11.8 Å². The fourth-order valence-electron chi connectivity index (χ4n) is 3.48. The van der Waals surface area contributed by atoms with Gasteiger partial charge in [-0.1, -0.05) is 32.0 Å². The average molecular weight is 389 g/mol. The van der Waals surface area contributed by atoms with Gasteiger partial charge in [0, 0.05) is 25.6 Å². The smallest absolute Gasteiger partial charge is 0.263 e. The minimum Gasteiger partial charge on any atom is -0.356 e. The van der Waals surface area contributed by atoms with Crippen LogP contribution in [0.4, 0.5) is 4.39 Å². The van der Waals surface area contributed by atoms with Gasteiger partial charge in [0.25, 0.3) is 5.91 Å². The molecule has 4 nitrogen and oxygen atoms in total. The Balaban J connectivity index is 1.78. The first-order valence-corrected chi connectivity index (χ1v) is 10.2. The second-order valence-electron chi connectivity index (χ2n) is 7.43. The molecule has 2 atom stereocenters. The SMILES string of the molecule is CC(C)CCNC(=O)[C@@H]1CN(C(=O)c2cccs2)C[C@@H]1c1cccc(F)c1. The summed E-state index contributed by atoms with van der Waals surface area (Å²) < 4.78 is 13.7. The van der Waals surface area contributed by atoms with E-state index in [0.717, 1.165) is 12.0 Å². The molecule has 1 aromatic heterocycles. The summed E-state index contributed by atoms with van der Waals surface area (Å²) in [5.41, 5.74) is 0.764. The lowest BCUT2D eigenvalue weighted by Gasteiger charge is -2.18. The molecule has 1 aliphatic heterocycles. The van der Waals surface area contributed by atoms with E-state index in [4.69, 9.17) is 0 Å². The Morgan fingerprint density at radius 2 is 2.07 bits per heavy atom. The van der Waals surface area contributed by atoms with Crippen LogP contribution in [0.2, 0.25) is 0 Å². The van der Waals surface area contributed by atoms with E-state index in [0.29, 0.717) is 30.4 Å². The van der Waals surface area contributed by atoms with Crippen molar-refractivity contribution >= 4 is 23.2 Å². The molecule has 1 N–H and O–H groups in total. The molecule has 0 unspecified atom stereocenters. The highest BCUT2D eigenvalue weighted by Gasteiger charge is 2.40. The van der Waals surface area contributed by atoms with E-state index in [1.165, 1.54) is 23.5 Å². The van der Waals surface area contributed by atoms with Gasteiger partial charge in [-0.25, -0.2) is 4.39 Å². The third kappa shape index (κ3) is 4.75. The number of carbonyl (C=O) groups excluding carboxylic acids is 2. The Labute approximate surface area is 163 Å². The number of rotatable bonds is 6. The van der Waals surface area contributed by atoms with Gasteiger partial charge >= 0.3 is 0 Å². The minimum absolute atomic E-state index is 0.0635. The quantitative estimate of drug-likeness (QED) is 0.816. The number of hydrogen-bond donors (Lipinski definition) is 1. The van der Waals surface area contributed by atoms with Crippen molar-refractivity contribution in [3.63, 3.8) is 0 Å². The Morgan fingerprint density at radius 1 is 1.26 bits per heavy atom. The van der Waals surface area contributed by atoms with Crippen LogP contribution in [0, 0.1) is 17.7 Å². The number of likely N-dealkylation sites (tertiary alicyclic amines) is 1. The normalized spacial score (nSPS) is 19.5. The number of benzene rings is 1. The minimum atomic E-state index is -0.372. The number of amides is 2. The first-order valence-electron chi connectivity index (χ1n) is 9.31. The predicted octanol–water partition coefficient (Wildman–Crippen LogP) is 3.91. The van der Waals surface area contributed by atoms with Gasteiger partial charge in [0.05, 0.1) is 10.8 Å². The second-order valence-corrected chi connectivity index (χ2v) is 8.38. The lowest BCUT2D eigenvalue weighted by Crippen LogP contribution is -2.36. The van der Waals surface area contributed by atoms with Gasteiger partial charge in [0.1, 0.15) is 5.82 Å². The number of hydrogen-bond acceptors (Lipinski definition) is 3. The molecule has 0 saturated carbocycles. The fourth-order valence-corrected chi connectivity index (χ4v) is 4.17. The predicted molar refractivity (Wildman–Crippen MR) is 105 cm³/mol. The van der Waals surface area contributed by atoms with Crippen LogP contribution < -0.4 is 5.32 Å². The average Bonchev–Trinajstić information content (AvgIpc) is 3.31. The van der Waals surface area contributed by atoms with Gasteiger partial charge in [0.15, 0.2) is 0 Å². The highest BCUT2D eigenvalue weighted by Crippen LogP contribution is 2.34. The van der Waals surface area contributed by atoms with Crippen LogP contribution in [-0.2, 0) is 4.79 Å². The van der Waals surface area contributed by atoms with Gasteiger partial charge in [-0.15, -0.1) is 11.3 Å². The zero-order valence-electron chi connectivity index (χ0n) is 15.7. The number of nitrogens with one attached hydrogen (secondary N) is 1. The largest absolute Gasteiger partial charge is 0.356 e. The molecule has 1 saturated heterocycles. The van der Waals surface area contributed by atoms with E-state index in [1.807, 2.05) is 17.5 Å². The van der Waals surface area contributed by atoms with E-state index in [2.05, 4.69) is 19.2 Å². The van der Waals surface area contributed by atoms with E-state index >= 15 is 0 Å². The molecule has 6 heteroatoms. The summed E-state index contributed by atoms with van der Waals surface area (Å²) in [4.78, 5) is 27.9. The fraction of sp³-hybridized carbons (Fsp3) is 0.429. The molecule has 1 aliphatic rings. The van der Waals surface area contributed by atoms with Crippen LogP contribution in [0.1, 0.15) is 41.4 Å². The van der Waals surface area contributed by atoms with Crippen LogP contribution in [0.15, 0.2) is 41.8 Å². The molecule has 0 aliphatic carbocycles. The molecular weight excluding hydrogens is 363 g/mol. The summed E-state index contributed by atoms with van der Waals surface area (Å²) in [5, 5.41) is 4.86. The van der Waals surface area contributed by atoms with Gasteiger partial charge in [-0.2, -0.15) is 0 Å². The van der Waals surface area contributed by atoms with Crippen molar-refractivity contribution < 1.29 is 14.0 Å². The van der Waals surface area contributed by atoms with Crippen molar-refractivity contribution in [3.05, 3.63) is 58.0 Å². The maximum atomic E-state index is 13.7. The topological polar surface area (TPSA) is 49.4 Å². The van der Waals surface area contributed by atoms with E-state index in [-0.39, 0.29) is 29.5 Å². The molecule has 0 bridgehead atoms. The maximum Gasteiger partial charge on any atom is 0.263 e. The third-order valence-corrected chi connectivity index (χ3v) is 5.83. The summed E-state index contributed by atoms with van der Waals surface area (Å²) in [5.74, 6) is -0.527. The molecule has 0 spiro atoms. The maximum absolute atomic E-state index is 13.7. The number of carbonyl (C=O) groups is 2. The van der Waals surface area contributed by atoms with Crippen LogP contribution in [0.3, 0.4) is 0 Å². The van der Waals surface area contributed by atoms with Crippen LogP contribution >= 0.6 is 11.3 Å². The molecule has 2 amide bonds. The van der Waals surface area contributed by atoms with Gasteiger partial charge in [-0.05, 0) is 41.5 Å². The Morgan fingerprint density at radius 3 is 2.74 bits per heavy atom. The van der Waals surface area contributed by atoms with E-state index < -0.39 is 0 Å². The third-order valence-electron chi connectivity index (χ3n) is 4.97. The van der Waals surface area contributed by atoms with Gasteiger partial charge in [0.2, 0.25) is 5.91 Å². The van der Waals surface area contributed by atoms with Gasteiger partial charge in [-0.3, -0.25) is 9.59 Å². The summed E-state index contributed by atoms with van der Waals surface area (Å²) in [6, 6.07) is 9.99. The van der Waals surface area contributed by atoms with E-state index in [1.54, 1.807) is 17.0 Å². The van der Waals surface area contributed by atoms with Crippen LogP contribution in [-0.4, -0.2) is 36.3 Å². The first-order chi connectivity index (χ1) is 13.0. The first kappa shape index (κ1) is 19.5. The Kier molecular flexibility index (Phi) is 6.26. The molecule has 2 heterocycles. The lowest BCUT2D eigenvalue weighted by molar-refractivity contribution is -0.124. The number of halogens is 1. The molecule has 1 fully saturated rings. The standard InChI is InChI=1S/C21H25FN2O2S/c1-14(2)8-9-23-20(25)18-13-24(21(26)19-7-4-10-27-19)12-17(18)15-5-3-6-16(22)11-15/h3-7,10-11,14,17-18H,8-9,12-13H2,1-2H3,(H,23,25)/t17-,18-/m1/s1. The highest BCUT2D eigenvalue weighted by atomic mass is 32.1. The van der Waals surface area contributed by atoms with Crippen molar-refractivity contribution in [1.82, 2.24) is 10.2 Å². The zero-order valence-corrected chi connectivity index (χ0v) is 16.5. The molecule has 3 rings (SSSR count). The summed E-state index contributed by atoms with van der Waals surface area (Å²) in [6.45, 7) is 5.60. The van der Waals surface area contributed by atoms with E-state index in [9.17, 15) is 14.0 Å². The molecule has 1 aromatic carbocycles. The summed E-state index contributed by atoms with van der Waals surface area (Å²) in [6.07, 6.45) is 0.904. The van der Waals surface area contributed by atoms with Crippen molar-refractivity contribution in [1.29, 1.82) is 0 Å². The van der Waals surface area contributed by atoms with Crippen molar-refractivity contribution in [2.45, 2.75) is 26.2 Å². The highest BCUT2D eigenvalue weighted by molar-refractivity contribution is 7.12. The van der Waals surface area contributed by atoms with Crippen molar-refractivity contribution in [2.75, 3.05) is 19.6 Å². The number of thiophene rings is 1. The van der Waals surface area contributed by atoms with Crippen LogP contribution in [0.25, 0.3) is 0 Å². The Bertz CT molecular complexity index is 791. The molecule has 0 radical (unpaired) electrons. The van der Waals surface area contributed by atoms with Crippen molar-refractivity contribution in [3.8, 4) is 0 Å². The second kappa shape index (κ2) is 8.65. The molecular formula is C21H25FN2O2S. The van der Waals surface area contributed by atoms with Gasteiger partial charge < -0.3 is 10.2 Å². The summed E-state index contributed by atoms with van der Waals surface area (Å²) >= 11 is 1.39. The molecule has 2 aromatic rings. The zero-order chi connectivity index (χ0) is 19.4. The Hall–Kier alpha value is -2.21. The lowest BCUT2D eigenvalue weighted by atomic mass is 9.88. The molecule has 27 heavy (non-hydrogen) atoms.